The summed E-state index contributed by atoms with van der Waals surface area (Å²) < 4.78 is 5.08. The van der Waals surface area contributed by atoms with Crippen molar-refractivity contribution in [2.24, 2.45) is 0 Å². The number of ether oxygens (including phenoxy) is 1. The molecule has 1 aromatic heterocycles. The van der Waals surface area contributed by atoms with Crippen molar-refractivity contribution in [1.29, 1.82) is 0 Å². The molecule has 0 saturated carbocycles. The second-order valence-electron chi connectivity index (χ2n) is 4.84. The molecule has 0 spiro atoms. The van der Waals surface area contributed by atoms with E-state index in [1.54, 1.807) is 13.2 Å². The van der Waals surface area contributed by atoms with Gasteiger partial charge in [-0.15, -0.1) is 0 Å². The molecule has 0 aliphatic heterocycles. The van der Waals surface area contributed by atoms with Gasteiger partial charge in [0.1, 0.15) is 6.33 Å². The van der Waals surface area contributed by atoms with Gasteiger partial charge in [0.05, 0.1) is 18.9 Å². The van der Waals surface area contributed by atoms with Crippen LogP contribution in [-0.4, -0.2) is 22.2 Å². The Labute approximate surface area is 123 Å². The van der Waals surface area contributed by atoms with Gasteiger partial charge in [0, 0.05) is 12.5 Å². The molecule has 0 fully saturated rings. The number of methoxy groups -OCH3 is 1. The Balaban J connectivity index is 1.91. The summed E-state index contributed by atoms with van der Waals surface area (Å²) in [5.41, 5.74) is 1.66. The highest BCUT2D eigenvalue weighted by Crippen LogP contribution is 2.26. The summed E-state index contributed by atoms with van der Waals surface area (Å²) in [4.78, 5) is 8.15. The predicted molar refractivity (Wildman–Crippen MR) is 81.2 cm³/mol. The van der Waals surface area contributed by atoms with Crippen LogP contribution in [0, 0.1) is 0 Å². The zero-order valence-corrected chi connectivity index (χ0v) is 11.7. The zero-order chi connectivity index (χ0) is 14.7. The minimum Gasteiger partial charge on any atom is -0.481 e. The van der Waals surface area contributed by atoms with Crippen molar-refractivity contribution in [1.82, 2.24) is 9.97 Å². The third-order valence-corrected chi connectivity index (χ3v) is 3.49. The second kappa shape index (κ2) is 5.89. The molecule has 1 N–H and O–H groups in total. The van der Waals surface area contributed by atoms with E-state index in [2.05, 4.69) is 9.97 Å². The minimum atomic E-state index is -0.615. The van der Waals surface area contributed by atoms with Gasteiger partial charge < -0.3 is 9.84 Å². The third kappa shape index (κ3) is 2.85. The minimum absolute atomic E-state index is 0.423. The fraction of sp³-hybridized carbons (Fsp3) is 0.176. The van der Waals surface area contributed by atoms with Crippen LogP contribution in [0.2, 0.25) is 0 Å². The molecule has 2 aromatic carbocycles. The van der Waals surface area contributed by atoms with Crippen LogP contribution in [0.4, 0.5) is 0 Å². The number of fused-ring (bicyclic) bond motifs is 1. The highest BCUT2D eigenvalue weighted by Gasteiger charge is 2.13. The smallest absolute Gasteiger partial charge is 0.216 e. The van der Waals surface area contributed by atoms with Crippen molar-refractivity contribution in [3.63, 3.8) is 0 Å². The largest absolute Gasteiger partial charge is 0.481 e. The van der Waals surface area contributed by atoms with Gasteiger partial charge in [-0.3, -0.25) is 0 Å². The fourth-order valence-electron chi connectivity index (χ4n) is 2.45. The van der Waals surface area contributed by atoms with Gasteiger partial charge in [0.2, 0.25) is 5.88 Å². The number of aliphatic hydroxyl groups is 1. The van der Waals surface area contributed by atoms with Crippen LogP contribution >= 0.6 is 0 Å². The van der Waals surface area contributed by atoms with Crippen molar-refractivity contribution in [3.05, 3.63) is 66.1 Å². The summed E-state index contributed by atoms with van der Waals surface area (Å²) in [6.45, 7) is 0. The van der Waals surface area contributed by atoms with Crippen LogP contribution in [0.15, 0.2) is 54.9 Å². The normalized spacial score (nSPS) is 12.3. The first kappa shape index (κ1) is 13.5. The number of benzene rings is 2. The molecule has 0 saturated heterocycles. The van der Waals surface area contributed by atoms with E-state index in [1.165, 1.54) is 6.33 Å². The number of rotatable bonds is 4. The van der Waals surface area contributed by atoms with Crippen LogP contribution in [0.3, 0.4) is 0 Å². The lowest BCUT2D eigenvalue weighted by atomic mass is 9.98. The van der Waals surface area contributed by atoms with E-state index in [0.29, 0.717) is 12.3 Å². The molecule has 1 heterocycles. The Morgan fingerprint density at radius 1 is 1.10 bits per heavy atom. The number of aliphatic hydroxyl groups excluding tert-OH is 1. The van der Waals surface area contributed by atoms with E-state index < -0.39 is 6.10 Å². The predicted octanol–water partition coefficient (Wildman–Crippen LogP) is 2.91. The summed E-state index contributed by atoms with van der Waals surface area (Å²) in [7, 11) is 1.56. The Morgan fingerprint density at radius 3 is 2.76 bits per heavy atom. The van der Waals surface area contributed by atoms with Gasteiger partial charge in [0.15, 0.2) is 0 Å². The lowest BCUT2D eigenvalue weighted by Crippen LogP contribution is -2.05. The first-order valence-corrected chi connectivity index (χ1v) is 6.78. The molecule has 0 aliphatic rings. The van der Waals surface area contributed by atoms with Crippen LogP contribution in [0.1, 0.15) is 17.4 Å². The fourth-order valence-corrected chi connectivity index (χ4v) is 2.45. The van der Waals surface area contributed by atoms with Gasteiger partial charge in [-0.25, -0.2) is 9.97 Å². The maximum Gasteiger partial charge on any atom is 0.216 e. The van der Waals surface area contributed by atoms with Crippen LogP contribution in [0.5, 0.6) is 5.88 Å². The Morgan fingerprint density at radius 2 is 1.90 bits per heavy atom. The molecule has 0 amide bonds. The highest BCUT2D eigenvalue weighted by atomic mass is 16.5. The van der Waals surface area contributed by atoms with Gasteiger partial charge >= 0.3 is 0 Å². The number of aromatic nitrogens is 2. The van der Waals surface area contributed by atoms with E-state index in [9.17, 15) is 5.11 Å². The summed E-state index contributed by atoms with van der Waals surface area (Å²) >= 11 is 0. The molecule has 0 aliphatic carbocycles. The van der Waals surface area contributed by atoms with Crippen molar-refractivity contribution >= 4 is 10.8 Å². The standard InChI is InChI=1S/C17H16N2O2/c1-21-17-10-13(18-11-19-17)9-16(20)15-8-4-6-12-5-2-3-7-14(12)15/h2-8,10-11,16,20H,9H2,1H3. The average Bonchev–Trinajstić information content (AvgIpc) is 2.54. The van der Waals surface area contributed by atoms with E-state index in [-0.39, 0.29) is 0 Å². The Kier molecular flexibility index (Phi) is 3.79. The van der Waals surface area contributed by atoms with Crippen molar-refractivity contribution in [2.45, 2.75) is 12.5 Å². The van der Waals surface area contributed by atoms with Gasteiger partial charge in [-0.1, -0.05) is 42.5 Å². The summed E-state index contributed by atoms with van der Waals surface area (Å²) in [5, 5.41) is 12.7. The van der Waals surface area contributed by atoms with Gasteiger partial charge in [-0.2, -0.15) is 0 Å². The summed E-state index contributed by atoms with van der Waals surface area (Å²) in [6, 6.07) is 15.7. The lowest BCUT2D eigenvalue weighted by Gasteiger charge is -2.13. The third-order valence-electron chi connectivity index (χ3n) is 3.49. The Bertz CT molecular complexity index is 753. The van der Waals surface area contributed by atoms with Crippen LogP contribution in [-0.2, 0) is 6.42 Å². The van der Waals surface area contributed by atoms with E-state index in [0.717, 1.165) is 22.0 Å². The van der Waals surface area contributed by atoms with E-state index in [4.69, 9.17) is 4.74 Å². The molecule has 1 atom stereocenters. The van der Waals surface area contributed by atoms with Crippen molar-refractivity contribution < 1.29 is 9.84 Å². The molecule has 106 valence electrons. The SMILES string of the molecule is COc1cc(CC(O)c2cccc3ccccc23)ncn1. The van der Waals surface area contributed by atoms with Crippen molar-refractivity contribution in [2.75, 3.05) is 7.11 Å². The summed E-state index contributed by atoms with van der Waals surface area (Å²) in [5.74, 6) is 0.505. The second-order valence-corrected chi connectivity index (χ2v) is 4.84. The molecule has 21 heavy (non-hydrogen) atoms. The molecule has 0 bridgehead atoms. The quantitative estimate of drug-likeness (QED) is 0.798. The van der Waals surface area contributed by atoms with E-state index in [1.807, 2.05) is 42.5 Å². The maximum atomic E-state index is 10.5. The number of hydrogen-bond acceptors (Lipinski definition) is 4. The van der Waals surface area contributed by atoms with Crippen LogP contribution in [0.25, 0.3) is 10.8 Å². The van der Waals surface area contributed by atoms with Crippen LogP contribution < -0.4 is 4.74 Å². The molecule has 0 radical (unpaired) electrons. The molecule has 4 nitrogen and oxygen atoms in total. The van der Waals surface area contributed by atoms with Gasteiger partial charge in [0.25, 0.3) is 0 Å². The summed E-state index contributed by atoms with van der Waals surface area (Å²) in [6.07, 6.45) is 1.26. The first-order chi connectivity index (χ1) is 10.3. The first-order valence-electron chi connectivity index (χ1n) is 6.78. The Hall–Kier alpha value is -2.46. The molecular formula is C17H16N2O2. The van der Waals surface area contributed by atoms with Crippen molar-refractivity contribution in [3.8, 4) is 5.88 Å². The number of hydrogen-bond donors (Lipinski definition) is 1. The molecule has 3 aromatic rings. The molecular weight excluding hydrogens is 264 g/mol. The molecule has 4 heteroatoms. The monoisotopic (exact) mass is 280 g/mol. The zero-order valence-electron chi connectivity index (χ0n) is 11.7. The van der Waals surface area contributed by atoms with E-state index >= 15 is 0 Å². The topological polar surface area (TPSA) is 55.2 Å². The maximum absolute atomic E-state index is 10.5. The highest BCUT2D eigenvalue weighted by molar-refractivity contribution is 5.85. The number of nitrogens with zero attached hydrogens (tertiary/aromatic N) is 2. The molecule has 3 rings (SSSR count). The average molecular weight is 280 g/mol. The molecule has 1 unspecified atom stereocenters. The van der Waals surface area contributed by atoms with Gasteiger partial charge in [-0.05, 0) is 16.3 Å². The lowest BCUT2D eigenvalue weighted by molar-refractivity contribution is 0.178.